The molecule has 1 aliphatic heterocycles. The van der Waals surface area contributed by atoms with Gasteiger partial charge in [-0.1, -0.05) is 12.2 Å². The van der Waals surface area contributed by atoms with Gasteiger partial charge in [0.25, 0.3) is 0 Å². The third kappa shape index (κ3) is 2.74. The number of fused-ring (bicyclic) bond motifs is 1. The predicted octanol–water partition coefficient (Wildman–Crippen LogP) is -1.74. The van der Waals surface area contributed by atoms with Crippen molar-refractivity contribution >= 4 is 17.0 Å². The van der Waals surface area contributed by atoms with Crippen molar-refractivity contribution in [3.8, 4) is 0 Å². The maximum atomic E-state index is 10.4. The highest BCUT2D eigenvalue weighted by Crippen LogP contribution is 2.33. The molecule has 1 fully saturated rings. The number of hydrogen-bond acceptors (Lipinski definition) is 9. The highest BCUT2D eigenvalue weighted by atomic mass is 16.6. The van der Waals surface area contributed by atoms with Crippen molar-refractivity contribution in [1.29, 1.82) is 0 Å². The van der Waals surface area contributed by atoms with Crippen LogP contribution in [-0.2, 0) is 4.74 Å². The zero-order chi connectivity index (χ0) is 17.4. The van der Waals surface area contributed by atoms with Crippen LogP contribution in [0.3, 0.4) is 0 Å². The number of imidazole rings is 1. The van der Waals surface area contributed by atoms with Crippen molar-refractivity contribution in [2.75, 3.05) is 12.3 Å². The van der Waals surface area contributed by atoms with Crippen LogP contribution in [-0.4, -0.2) is 60.6 Å². The summed E-state index contributed by atoms with van der Waals surface area (Å²) in [5, 5.41) is 20.7. The second-order valence-electron chi connectivity index (χ2n) is 5.88. The Hall–Kier alpha value is -2.11. The fourth-order valence-corrected chi connectivity index (χ4v) is 2.86. The van der Waals surface area contributed by atoms with Gasteiger partial charge in [0, 0.05) is 12.6 Å². The lowest BCUT2D eigenvalue weighted by atomic mass is 9.98. The number of aromatic nitrogens is 4. The Morgan fingerprint density at radius 2 is 2.08 bits per heavy atom. The summed E-state index contributed by atoms with van der Waals surface area (Å²) in [6.07, 6.45) is -0.901. The van der Waals surface area contributed by atoms with E-state index in [-0.39, 0.29) is 5.82 Å². The molecule has 10 heteroatoms. The number of rotatable bonds is 5. The first kappa shape index (κ1) is 16.7. The number of ether oxygens (including phenoxy) is 1. The highest BCUT2D eigenvalue weighted by Gasteiger charge is 2.46. The Bertz CT molecular complexity index is 749. The fourth-order valence-electron chi connectivity index (χ4n) is 2.86. The average molecular weight is 335 g/mol. The zero-order valence-corrected chi connectivity index (χ0v) is 13.0. The van der Waals surface area contributed by atoms with Gasteiger partial charge in [-0.05, 0) is 6.42 Å². The quantitative estimate of drug-likeness (QED) is 0.398. The lowest BCUT2D eigenvalue weighted by Crippen LogP contribution is -2.44. The van der Waals surface area contributed by atoms with E-state index in [1.165, 1.54) is 17.2 Å². The van der Waals surface area contributed by atoms with Crippen LogP contribution >= 0.6 is 0 Å². The smallest absolute Gasteiger partial charge is 0.167 e. The fraction of sp³-hybridized carbons (Fsp3) is 0.500. The Kier molecular flexibility index (Phi) is 4.47. The molecule has 0 spiro atoms. The van der Waals surface area contributed by atoms with E-state index in [9.17, 15) is 10.2 Å². The molecule has 8 N–H and O–H groups in total. The third-order valence-electron chi connectivity index (χ3n) is 4.17. The second kappa shape index (κ2) is 6.42. The maximum Gasteiger partial charge on any atom is 0.167 e. The standard InChI is InChI=1S/C14H21N7O3/c1-6(3-15)2-7(16)11-9(22)10(23)14(24-11)21-5-20-8-12(17)18-4-19-13(8)21/h4-5,7,9-11,14,22-23H,1-3,15-16H2,(H2,17,18,19)/t7?,9-,10+,11+,14+/m0/s1. The van der Waals surface area contributed by atoms with Crippen LogP contribution in [0.25, 0.3) is 11.2 Å². The van der Waals surface area contributed by atoms with Crippen molar-refractivity contribution < 1.29 is 14.9 Å². The van der Waals surface area contributed by atoms with Crippen LogP contribution < -0.4 is 17.2 Å². The van der Waals surface area contributed by atoms with Gasteiger partial charge in [-0.3, -0.25) is 4.57 Å². The van der Waals surface area contributed by atoms with E-state index in [1.807, 2.05) is 0 Å². The Morgan fingerprint density at radius 1 is 1.33 bits per heavy atom. The molecule has 3 heterocycles. The molecule has 0 aliphatic carbocycles. The molecule has 0 bridgehead atoms. The largest absolute Gasteiger partial charge is 0.387 e. The van der Waals surface area contributed by atoms with Gasteiger partial charge in [0.2, 0.25) is 0 Å². The highest BCUT2D eigenvalue weighted by molar-refractivity contribution is 5.81. The molecule has 24 heavy (non-hydrogen) atoms. The van der Waals surface area contributed by atoms with E-state index in [0.29, 0.717) is 24.1 Å². The Morgan fingerprint density at radius 3 is 2.79 bits per heavy atom. The summed E-state index contributed by atoms with van der Waals surface area (Å²) in [6, 6.07) is -0.551. The summed E-state index contributed by atoms with van der Waals surface area (Å²) in [6.45, 7) is 4.09. The number of aliphatic hydroxyl groups excluding tert-OH is 2. The summed E-state index contributed by atoms with van der Waals surface area (Å²) < 4.78 is 7.31. The van der Waals surface area contributed by atoms with Gasteiger partial charge in [-0.15, -0.1) is 0 Å². The van der Waals surface area contributed by atoms with E-state index in [2.05, 4.69) is 21.5 Å². The molecular weight excluding hydrogens is 314 g/mol. The van der Waals surface area contributed by atoms with E-state index in [0.717, 1.165) is 5.57 Å². The summed E-state index contributed by atoms with van der Waals surface area (Å²) >= 11 is 0. The van der Waals surface area contributed by atoms with Crippen molar-refractivity contribution in [3.05, 3.63) is 24.8 Å². The third-order valence-corrected chi connectivity index (χ3v) is 4.17. The monoisotopic (exact) mass is 335 g/mol. The molecule has 2 aromatic heterocycles. The minimum Gasteiger partial charge on any atom is -0.387 e. The number of nitrogen functional groups attached to an aromatic ring is 1. The molecule has 0 radical (unpaired) electrons. The lowest BCUT2D eigenvalue weighted by molar-refractivity contribution is -0.0420. The normalized spacial score (nSPS) is 28.3. The lowest BCUT2D eigenvalue weighted by Gasteiger charge is -2.22. The zero-order valence-electron chi connectivity index (χ0n) is 13.0. The van der Waals surface area contributed by atoms with Crippen molar-refractivity contribution in [3.63, 3.8) is 0 Å². The van der Waals surface area contributed by atoms with Crippen LogP contribution in [0.1, 0.15) is 12.6 Å². The van der Waals surface area contributed by atoms with Crippen LogP contribution in [0.2, 0.25) is 0 Å². The summed E-state index contributed by atoms with van der Waals surface area (Å²) in [7, 11) is 0. The second-order valence-corrected chi connectivity index (χ2v) is 5.88. The number of aliphatic hydroxyl groups is 2. The molecule has 1 saturated heterocycles. The van der Waals surface area contributed by atoms with Crippen LogP contribution in [0, 0.1) is 0 Å². The van der Waals surface area contributed by atoms with Gasteiger partial charge < -0.3 is 32.2 Å². The van der Waals surface area contributed by atoms with Crippen molar-refractivity contribution in [1.82, 2.24) is 19.5 Å². The van der Waals surface area contributed by atoms with E-state index in [1.54, 1.807) is 0 Å². The van der Waals surface area contributed by atoms with Crippen LogP contribution in [0.5, 0.6) is 0 Å². The number of nitrogens with zero attached hydrogens (tertiary/aromatic N) is 4. The molecule has 130 valence electrons. The number of anilines is 1. The molecule has 0 saturated carbocycles. The van der Waals surface area contributed by atoms with E-state index in [4.69, 9.17) is 21.9 Å². The molecule has 10 nitrogen and oxygen atoms in total. The van der Waals surface area contributed by atoms with Gasteiger partial charge in [-0.2, -0.15) is 0 Å². The molecular formula is C14H21N7O3. The van der Waals surface area contributed by atoms with Gasteiger partial charge >= 0.3 is 0 Å². The first-order valence-corrected chi connectivity index (χ1v) is 7.51. The minimum atomic E-state index is -1.19. The molecule has 0 aromatic carbocycles. The molecule has 3 rings (SSSR count). The Labute approximate surface area is 138 Å². The average Bonchev–Trinajstić information content (AvgIpc) is 3.11. The van der Waals surface area contributed by atoms with Crippen LogP contribution in [0.4, 0.5) is 5.82 Å². The van der Waals surface area contributed by atoms with Gasteiger partial charge in [0.05, 0.1) is 6.33 Å². The summed E-state index contributed by atoms with van der Waals surface area (Å²) in [4.78, 5) is 12.1. The van der Waals surface area contributed by atoms with Crippen molar-refractivity contribution in [2.24, 2.45) is 11.5 Å². The molecule has 2 aromatic rings. The van der Waals surface area contributed by atoms with E-state index >= 15 is 0 Å². The molecule has 1 aliphatic rings. The SMILES string of the molecule is C=C(CN)CC(N)[C@H]1O[C@@H](n2cnc3c(N)ncnc32)[C@H](O)[C@@H]1O. The van der Waals surface area contributed by atoms with E-state index < -0.39 is 30.6 Å². The molecule has 5 atom stereocenters. The van der Waals surface area contributed by atoms with Crippen LogP contribution in [0.15, 0.2) is 24.8 Å². The maximum absolute atomic E-state index is 10.4. The first-order valence-electron chi connectivity index (χ1n) is 7.51. The minimum absolute atomic E-state index is 0.222. The topological polar surface area (TPSA) is 171 Å². The van der Waals surface area contributed by atoms with Crippen molar-refractivity contribution in [2.45, 2.75) is 37.0 Å². The number of hydrogen-bond donors (Lipinski definition) is 5. The molecule has 0 amide bonds. The van der Waals surface area contributed by atoms with Gasteiger partial charge in [-0.25, -0.2) is 15.0 Å². The summed E-state index contributed by atoms with van der Waals surface area (Å²) in [5.41, 5.74) is 18.9. The molecule has 1 unspecified atom stereocenters. The van der Waals surface area contributed by atoms with Gasteiger partial charge in [0.1, 0.15) is 30.2 Å². The predicted molar refractivity (Wildman–Crippen MR) is 86.4 cm³/mol. The first-order chi connectivity index (χ1) is 11.4. The summed E-state index contributed by atoms with van der Waals surface area (Å²) in [5.74, 6) is 0.222. The Balaban J connectivity index is 1.87. The number of nitrogens with two attached hydrogens (primary N) is 3. The van der Waals surface area contributed by atoms with Gasteiger partial charge in [0.15, 0.2) is 17.7 Å².